The third-order valence-electron chi connectivity index (χ3n) is 1.21. The standard InChI is InChI=1S/C9H16O4/c1-3-9(10)13-7-5-6-12-8-11-4-2/h3H,1,4-8H2,2H3. The van der Waals surface area contributed by atoms with Gasteiger partial charge < -0.3 is 14.2 Å². The van der Waals surface area contributed by atoms with Crippen molar-refractivity contribution in [2.24, 2.45) is 0 Å². The Bertz CT molecular complexity index is 145. The molecule has 4 heteroatoms. The van der Waals surface area contributed by atoms with E-state index in [-0.39, 0.29) is 0 Å². The molecule has 0 spiro atoms. The van der Waals surface area contributed by atoms with Gasteiger partial charge in [-0.3, -0.25) is 0 Å². The number of rotatable bonds is 8. The van der Waals surface area contributed by atoms with E-state index >= 15 is 0 Å². The van der Waals surface area contributed by atoms with Gasteiger partial charge in [0.1, 0.15) is 6.79 Å². The molecule has 0 heterocycles. The molecular weight excluding hydrogens is 172 g/mol. The predicted molar refractivity (Wildman–Crippen MR) is 48.2 cm³/mol. The van der Waals surface area contributed by atoms with E-state index in [0.717, 1.165) is 6.08 Å². The summed E-state index contributed by atoms with van der Waals surface area (Å²) >= 11 is 0. The summed E-state index contributed by atoms with van der Waals surface area (Å²) in [4.78, 5) is 10.5. The second-order valence-corrected chi connectivity index (χ2v) is 2.24. The van der Waals surface area contributed by atoms with Crippen LogP contribution in [0.1, 0.15) is 13.3 Å². The van der Waals surface area contributed by atoms with Crippen molar-refractivity contribution in [3.63, 3.8) is 0 Å². The fourth-order valence-corrected chi connectivity index (χ4v) is 0.594. The van der Waals surface area contributed by atoms with Gasteiger partial charge in [-0.25, -0.2) is 4.79 Å². The van der Waals surface area contributed by atoms with E-state index in [4.69, 9.17) is 14.2 Å². The molecule has 0 radical (unpaired) electrons. The zero-order valence-electron chi connectivity index (χ0n) is 7.95. The smallest absolute Gasteiger partial charge is 0.330 e. The number of hydrogen-bond donors (Lipinski definition) is 0. The van der Waals surface area contributed by atoms with Crippen LogP contribution in [0.2, 0.25) is 0 Å². The van der Waals surface area contributed by atoms with Gasteiger partial charge >= 0.3 is 5.97 Å². The number of carbonyl (C=O) groups is 1. The lowest BCUT2D eigenvalue weighted by Crippen LogP contribution is -2.06. The summed E-state index contributed by atoms with van der Waals surface area (Å²) in [5.41, 5.74) is 0. The molecule has 0 aliphatic heterocycles. The van der Waals surface area contributed by atoms with Crippen LogP contribution in [0.15, 0.2) is 12.7 Å². The van der Waals surface area contributed by atoms with E-state index in [0.29, 0.717) is 33.0 Å². The summed E-state index contributed by atoms with van der Waals surface area (Å²) in [5.74, 6) is -0.398. The van der Waals surface area contributed by atoms with Crippen molar-refractivity contribution in [1.29, 1.82) is 0 Å². The van der Waals surface area contributed by atoms with Crippen molar-refractivity contribution in [2.45, 2.75) is 13.3 Å². The Balaban J connectivity index is 2.99. The van der Waals surface area contributed by atoms with Crippen LogP contribution >= 0.6 is 0 Å². The first-order chi connectivity index (χ1) is 6.31. The molecule has 0 fully saturated rings. The quantitative estimate of drug-likeness (QED) is 0.248. The van der Waals surface area contributed by atoms with Crippen LogP contribution in [0.4, 0.5) is 0 Å². The highest BCUT2D eigenvalue weighted by atomic mass is 16.7. The molecule has 13 heavy (non-hydrogen) atoms. The van der Waals surface area contributed by atoms with Crippen LogP contribution in [0.3, 0.4) is 0 Å². The first kappa shape index (κ1) is 12.1. The van der Waals surface area contributed by atoms with Crippen molar-refractivity contribution >= 4 is 5.97 Å². The summed E-state index contributed by atoms with van der Waals surface area (Å²) in [5, 5.41) is 0. The van der Waals surface area contributed by atoms with Crippen LogP contribution in [-0.2, 0) is 19.0 Å². The molecule has 0 amide bonds. The average molecular weight is 188 g/mol. The molecule has 0 unspecified atom stereocenters. The second-order valence-electron chi connectivity index (χ2n) is 2.24. The average Bonchev–Trinajstić information content (AvgIpc) is 2.16. The summed E-state index contributed by atoms with van der Waals surface area (Å²) in [6.07, 6.45) is 1.81. The minimum absolute atomic E-state index is 0.298. The lowest BCUT2D eigenvalue weighted by Gasteiger charge is -2.03. The maximum absolute atomic E-state index is 10.5. The van der Waals surface area contributed by atoms with Gasteiger partial charge in [0.25, 0.3) is 0 Å². The van der Waals surface area contributed by atoms with Crippen LogP contribution in [0.25, 0.3) is 0 Å². The van der Waals surface area contributed by atoms with Gasteiger partial charge in [-0.2, -0.15) is 0 Å². The van der Waals surface area contributed by atoms with Gasteiger partial charge in [0.05, 0.1) is 13.2 Å². The lowest BCUT2D eigenvalue weighted by atomic mass is 10.5. The van der Waals surface area contributed by atoms with Gasteiger partial charge in [0.15, 0.2) is 0 Å². The Hall–Kier alpha value is -0.870. The topological polar surface area (TPSA) is 44.8 Å². The van der Waals surface area contributed by atoms with Gasteiger partial charge in [-0.15, -0.1) is 0 Å². The summed E-state index contributed by atoms with van der Waals surface area (Å²) in [7, 11) is 0. The highest BCUT2D eigenvalue weighted by molar-refractivity contribution is 5.81. The molecule has 0 atom stereocenters. The molecule has 0 aromatic rings. The highest BCUT2D eigenvalue weighted by Gasteiger charge is 1.94. The minimum atomic E-state index is -0.398. The van der Waals surface area contributed by atoms with Crippen molar-refractivity contribution in [1.82, 2.24) is 0 Å². The molecule has 0 aromatic carbocycles. The molecular formula is C9H16O4. The fraction of sp³-hybridized carbons (Fsp3) is 0.667. The van der Waals surface area contributed by atoms with Crippen LogP contribution in [0, 0.1) is 0 Å². The van der Waals surface area contributed by atoms with E-state index in [1.165, 1.54) is 0 Å². The number of esters is 1. The lowest BCUT2D eigenvalue weighted by molar-refractivity contribution is -0.138. The minimum Gasteiger partial charge on any atom is -0.462 e. The van der Waals surface area contributed by atoms with Crippen LogP contribution in [0.5, 0.6) is 0 Å². The van der Waals surface area contributed by atoms with Crippen molar-refractivity contribution in [3.05, 3.63) is 12.7 Å². The Labute approximate surface area is 78.5 Å². The Morgan fingerprint density at radius 2 is 2.15 bits per heavy atom. The molecule has 0 aromatic heterocycles. The zero-order valence-corrected chi connectivity index (χ0v) is 7.95. The Kier molecular flexibility index (Phi) is 8.60. The summed E-state index contributed by atoms with van der Waals surface area (Å²) in [6.45, 7) is 7.00. The number of hydrogen-bond acceptors (Lipinski definition) is 4. The predicted octanol–water partition coefficient (Wildman–Crippen LogP) is 1.12. The molecule has 4 nitrogen and oxygen atoms in total. The first-order valence-electron chi connectivity index (χ1n) is 4.26. The molecule has 0 saturated carbocycles. The first-order valence-corrected chi connectivity index (χ1v) is 4.26. The van der Waals surface area contributed by atoms with Crippen LogP contribution in [-0.4, -0.2) is 32.6 Å². The van der Waals surface area contributed by atoms with Crippen molar-refractivity contribution < 1.29 is 19.0 Å². The van der Waals surface area contributed by atoms with Gasteiger partial charge in [-0.05, 0) is 6.92 Å². The monoisotopic (exact) mass is 188 g/mol. The SMILES string of the molecule is C=CC(=O)OCCCOCOCC. The molecule has 0 N–H and O–H groups in total. The highest BCUT2D eigenvalue weighted by Crippen LogP contribution is 1.87. The number of ether oxygens (including phenoxy) is 3. The van der Waals surface area contributed by atoms with Crippen molar-refractivity contribution in [2.75, 3.05) is 26.6 Å². The normalized spacial score (nSPS) is 9.62. The van der Waals surface area contributed by atoms with E-state index < -0.39 is 5.97 Å². The maximum Gasteiger partial charge on any atom is 0.330 e. The molecule has 0 saturated heterocycles. The third-order valence-corrected chi connectivity index (χ3v) is 1.21. The van der Waals surface area contributed by atoms with E-state index in [9.17, 15) is 4.79 Å². The van der Waals surface area contributed by atoms with Gasteiger partial charge in [-0.1, -0.05) is 6.58 Å². The Morgan fingerprint density at radius 1 is 1.38 bits per heavy atom. The molecule has 0 aliphatic carbocycles. The van der Waals surface area contributed by atoms with Gasteiger partial charge in [0, 0.05) is 19.1 Å². The largest absolute Gasteiger partial charge is 0.462 e. The molecule has 0 rings (SSSR count). The maximum atomic E-state index is 10.5. The van der Waals surface area contributed by atoms with E-state index in [1.807, 2.05) is 6.92 Å². The fourth-order valence-electron chi connectivity index (χ4n) is 0.594. The number of carbonyl (C=O) groups excluding carboxylic acids is 1. The Morgan fingerprint density at radius 3 is 2.77 bits per heavy atom. The molecule has 0 bridgehead atoms. The summed E-state index contributed by atoms with van der Waals surface area (Å²) < 4.78 is 14.7. The van der Waals surface area contributed by atoms with E-state index in [2.05, 4.69) is 6.58 Å². The molecule has 0 aliphatic rings. The van der Waals surface area contributed by atoms with Crippen LogP contribution < -0.4 is 0 Å². The second kappa shape index (κ2) is 9.22. The van der Waals surface area contributed by atoms with Crippen molar-refractivity contribution in [3.8, 4) is 0 Å². The zero-order chi connectivity index (χ0) is 9.94. The summed E-state index contributed by atoms with van der Waals surface area (Å²) in [6, 6.07) is 0. The third kappa shape index (κ3) is 9.04. The van der Waals surface area contributed by atoms with E-state index in [1.54, 1.807) is 0 Å². The van der Waals surface area contributed by atoms with Gasteiger partial charge in [0.2, 0.25) is 0 Å². The molecule has 76 valence electrons.